The van der Waals surface area contributed by atoms with Gasteiger partial charge in [0, 0.05) is 39.8 Å². The predicted octanol–water partition coefficient (Wildman–Crippen LogP) is 4.55. The van der Waals surface area contributed by atoms with Crippen molar-refractivity contribution in [3.63, 3.8) is 0 Å². The molecule has 20 heavy (non-hydrogen) atoms. The van der Waals surface area contributed by atoms with Crippen LogP contribution in [0.3, 0.4) is 0 Å². The van der Waals surface area contributed by atoms with Gasteiger partial charge in [0.25, 0.3) is 0 Å². The summed E-state index contributed by atoms with van der Waals surface area (Å²) in [7, 11) is 0. The summed E-state index contributed by atoms with van der Waals surface area (Å²) in [4.78, 5) is 0. The standard InChI is InChI=1S/C20H11/c1-5-13-6-2-11-17-18-12-4-8-14-7-3-10-16(20(14)18)15(9-1)19(13)17/h1-7,9-12H/q+1. The van der Waals surface area contributed by atoms with Crippen molar-refractivity contribution in [3.8, 4) is 0 Å². The van der Waals surface area contributed by atoms with Gasteiger partial charge < -0.3 is 0 Å². The highest BCUT2D eigenvalue weighted by atomic mass is 14.2. The van der Waals surface area contributed by atoms with Crippen LogP contribution in [0, 0.1) is 0 Å². The molecule has 0 heterocycles. The zero-order valence-electron chi connectivity index (χ0n) is 10.9. The predicted molar refractivity (Wildman–Crippen MR) is 86.6 cm³/mol. The van der Waals surface area contributed by atoms with Gasteiger partial charge in [0.1, 0.15) is 0 Å². The fourth-order valence-electron chi connectivity index (χ4n) is 3.50. The van der Waals surface area contributed by atoms with Gasteiger partial charge in [-0.2, -0.15) is 0 Å². The SMILES string of the molecule is [C+]1=c2cccc3c2c(c2cccc4cccc3c42)C=C1. The summed E-state index contributed by atoms with van der Waals surface area (Å²) in [6.45, 7) is 0. The van der Waals surface area contributed by atoms with Crippen molar-refractivity contribution in [1.82, 2.24) is 0 Å². The lowest BCUT2D eigenvalue weighted by Crippen LogP contribution is -2.05. The Morgan fingerprint density at radius 1 is 0.650 bits per heavy atom. The van der Waals surface area contributed by atoms with E-state index in [1.54, 1.807) is 0 Å². The fraction of sp³-hybridized carbons (Fsp3) is 0. The zero-order valence-corrected chi connectivity index (χ0v) is 10.9. The van der Waals surface area contributed by atoms with Gasteiger partial charge in [-0.15, -0.1) is 0 Å². The normalized spacial score (nSPS) is 12.8. The largest absolute Gasteiger partial charge is 0.156 e. The van der Waals surface area contributed by atoms with Crippen molar-refractivity contribution in [1.29, 1.82) is 0 Å². The van der Waals surface area contributed by atoms with E-state index in [-0.39, 0.29) is 0 Å². The van der Waals surface area contributed by atoms with Crippen molar-refractivity contribution in [2.75, 3.05) is 0 Å². The van der Waals surface area contributed by atoms with Crippen LogP contribution in [0.4, 0.5) is 0 Å². The molecule has 0 aliphatic heterocycles. The van der Waals surface area contributed by atoms with Crippen molar-refractivity contribution >= 4 is 44.5 Å². The van der Waals surface area contributed by atoms with Crippen LogP contribution < -0.4 is 5.22 Å². The molecule has 0 unspecified atom stereocenters. The molecular formula is C20H11+. The lowest BCUT2D eigenvalue weighted by Gasteiger charge is -2.11. The molecule has 0 N–H and O–H groups in total. The van der Waals surface area contributed by atoms with Crippen LogP contribution in [-0.4, -0.2) is 0 Å². The molecule has 1 aliphatic carbocycles. The molecule has 0 heteroatoms. The smallest absolute Gasteiger partial charge is 0.0610 e. The van der Waals surface area contributed by atoms with Crippen LogP contribution >= 0.6 is 0 Å². The van der Waals surface area contributed by atoms with E-state index in [1.165, 1.54) is 43.1 Å². The summed E-state index contributed by atoms with van der Waals surface area (Å²) in [6, 6.07) is 19.7. The first-order valence-electron chi connectivity index (χ1n) is 6.89. The average molecular weight is 251 g/mol. The van der Waals surface area contributed by atoms with Crippen LogP contribution in [-0.2, 0) is 0 Å². The molecule has 0 aromatic heterocycles. The Hall–Kier alpha value is -2.69. The van der Waals surface area contributed by atoms with E-state index in [2.05, 4.69) is 66.7 Å². The summed E-state index contributed by atoms with van der Waals surface area (Å²) in [5, 5.41) is 9.25. The van der Waals surface area contributed by atoms with Gasteiger partial charge in [0.05, 0.1) is 17.0 Å². The summed E-state index contributed by atoms with van der Waals surface area (Å²) in [5.41, 5.74) is 1.33. The Balaban J connectivity index is 2.29. The van der Waals surface area contributed by atoms with E-state index in [1.807, 2.05) is 6.08 Å². The van der Waals surface area contributed by atoms with E-state index in [4.69, 9.17) is 0 Å². The minimum atomic E-state index is 1.20. The van der Waals surface area contributed by atoms with Crippen molar-refractivity contribution in [2.45, 2.75) is 0 Å². The van der Waals surface area contributed by atoms with E-state index in [0.29, 0.717) is 0 Å². The van der Waals surface area contributed by atoms with Gasteiger partial charge in [0.2, 0.25) is 0 Å². The quantitative estimate of drug-likeness (QED) is 0.244. The molecular weight excluding hydrogens is 240 g/mol. The van der Waals surface area contributed by atoms with Crippen molar-refractivity contribution < 1.29 is 0 Å². The molecule has 0 saturated heterocycles. The first-order valence-corrected chi connectivity index (χ1v) is 6.89. The molecule has 0 amide bonds. The summed E-state index contributed by atoms with van der Waals surface area (Å²) >= 11 is 0. The maximum atomic E-state index is 3.36. The minimum absolute atomic E-state index is 1.20. The number of hydrogen-bond acceptors (Lipinski definition) is 0. The van der Waals surface area contributed by atoms with Crippen molar-refractivity contribution in [3.05, 3.63) is 71.5 Å². The molecule has 0 bridgehead atoms. The summed E-state index contributed by atoms with van der Waals surface area (Å²) in [5.74, 6) is 0. The highest BCUT2D eigenvalue weighted by molar-refractivity contribution is 6.25. The molecule has 0 atom stereocenters. The molecule has 4 aromatic rings. The second-order valence-electron chi connectivity index (χ2n) is 5.33. The molecule has 0 spiro atoms. The Labute approximate surface area is 116 Å². The lowest BCUT2D eigenvalue weighted by atomic mass is 9.88. The second kappa shape index (κ2) is 3.45. The Kier molecular flexibility index (Phi) is 1.75. The summed E-state index contributed by atoms with van der Waals surface area (Å²) in [6.07, 6.45) is 7.59. The number of fused-ring (bicyclic) bond motifs is 2. The third-order valence-electron chi connectivity index (χ3n) is 4.31. The van der Waals surface area contributed by atoms with E-state index in [9.17, 15) is 0 Å². The molecule has 0 radical (unpaired) electrons. The van der Waals surface area contributed by atoms with Crippen LogP contribution in [0.2, 0.25) is 0 Å². The van der Waals surface area contributed by atoms with Gasteiger partial charge in [-0.25, -0.2) is 0 Å². The van der Waals surface area contributed by atoms with E-state index < -0.39 is 0 Å². The molecule has 4 aromatic carbocycles. The van der Waals surface area contributed by atoms with Gasteiger partial charge >= 0.3 is 0 Å². The molecule has 0 saturated carbocycles. The highest BCUT2D eigenvalue weighted by Crippen LogP contribution is 2.36. The highest BCUT2D eigenvalue weighted by Gasteiger charge is 2.18. The van der Waals surface area contributed by atoms with Crippen LogP contribution in [0.25, 0.3) is 44.5 Å². The average Bonchev–Trinajstić information content (AvgIpc) is 2.52. The fourth-order valence-corrected chi connectivity index (χ4v) is 3.50. The van der Waals surface area contributed by atoms with Crippen LogP contribution in [0.5, 0.6) is 0 Å². The Morgan fingerprint density at radius 3 is 2.20 bits per heavy atom. The van der Waals surface area contributed by atoms with Crippen LogP contribution in [0.1, 0.15) is 5.56 Å². The minimum Gasteiger partial charge on any atom is -0.0610 e. The topological polar surface area (TPSA) is 0 Å². The second-order valence-corrected chi connectivity index (χ2v) is 5.33. The zero-order chi connectivity index (χ0) is 13.1. The number of benzene rings is 4. The monoisotopic (exact) mass is 251 g/mol. The molecule has 0 nitrogen and oxygen atoms in total. The lowest BCUT2D eigenvalue weighted by molar-refractivity contribution is 1.68. The third kappa shape index (κ3) is 1.10. The van der Waals surface area contributed by atoms with Gasteiger partial charge in [-0.05, 0) is 17.5 Å². The van der Waals surface area contributed by atoms with Crippen molar-refractivity contribution in [2.24, 2.45) is 0 Å². The first-order chi connectivity index (χ1) is 9.93. The third-order valence-corrected chi connectivity index (χ3v) is 4.31. The maximum absolute atomic E-state index is 3.36. The Morgan fingerprint density at radius 2 is 1.35 bits per heavy atom. The Bertz CT molecular complexity index is 1080. The summed E-state index contributed by atoms with van der Waals surface area (Å²) < 4.78 is 0. The van der Waals surface area contributed by atoms with Gasteiger partial charge in [-0.1, -0.05) is 36.4 Å². The van der Waals surface area contributed by atoms with Crippen LogP contribution in [0.15, 0.2) is 60.7 Å². The molecule has 90 valence electrons. The van der Waals surface area contributed by atoms with Gasteiger partial charge in [0.15, 0.2) is 5.22 Å². The number of hydrogen-bond donors (Lipinski definition) is 0. The van der Waals surface area contributed by atoms with E-state index >= 15 is 0 Å². The number of rotatable bonds is 0. The number of allylic oxidation sites excluding steroid dienone is 1. The molecule has 1 aliphatic rings. The molecule has 0 fully saturated rings. The molecule has 5 rings (SSSR count). The van der Waals surface area contributed by atoms with E-state index in [0.717, 1.165) is 0 Å². The van der Waals surface area contributed by atoms with Gasteiger partial charge in [-0.3, -0.25) is 0 Å². The first kappa shape index (κ1) is 10.1. The maximum Gasteiger partial charge on any atom is 0.156 e.